The summed E-state index contributed by atoms with van der Waals surface area (Å²) in [4.78, 5) is 24.8. The van der Waals surface area contributed by atoms with Crippen LogP contribution in [-0.2, 0) is 11.3 Å². The minimum atomic E-state index is -0.848. The predicted molar refractivity (Wildman–Crippen MR) is 75.9 cm³/mol. The molecular formula is C16H18FNO4. The van der Waals surface area contributed by atoms with E-state index >= 15 is 0 Å². The predicted octanol–water partition coefficient (Wildman–Crippen LogP) is 2.38. The zero-order chi connectivity index (χ0) is 15.9. The Bertz CT molecular complexity index is 623. The number of carboxylic acids is 1. The molecule has 6 heteroatoms. The van der Waals surface area contributed by atoms with Crippen LogP contribution < -0.4 is 0 Å². The van der Waals surface area contributed by atoms with E-state index in [1.165, 1.54) is 6.07 Å². The number of carbonyl (C=O) groups is 2. The number of carbonyl (C=O) groups excluding carboxylic acids is 1. The van der Waals surface area contributed by atoms with Crippen LogP contribution in [0.15, 0.2) is 12.1 Å². The van der Waals surface area contributed by atoms with Gasteiger partial charge < -0.3 is 15.1 Å². The molecule has 2 N–H and O–H groups in total. The number of hydrogen-bond donors (Lipinski definition) is 2. The maximum absolute atomic E-state index is 13.9. The summed E-state index contributed by atoms with van der Waals surface area (Å²) in [5, 5.41) is 18.4. The summed E-state index contributed by atoms with van der Waals surface area (Å²) in [6.07, 6.45) is 2.80. The second kappa shape index (κ2) is 5.59. The van der Waals surface area contributed by atoms with Gasteiger partial charge in [-0.3, -0.25) is 9.59 Å². The lowest BCUT2D eigenvalue weighted by atomic mass is 9.82. The quantitative estimate of drug-likeness (QED) is 0.898. The Kier molecular flexibility index (Phi) is 3.76. The Hall–Kier alpha value is -2.11. The van der Waals surface area contributed by atoms with Crippen molar-refractivity contribution in [3.05, 3.63) is 29.1 Å². The molecule has 1 aliphatic carbocycles. The van der Waals surface area contributed by atoms with Gasteiger partial charge in [0.05, 0.1) is 11.5 Å². The third-order valence-electron chi connectivity index (χ3n) is 4.74. The van der Waals surface area contributed by atoms with Gasteiger partial charge in [-0.05, 0) is 43.2 Å². The summed E-state index contributed by atoms with van der Waals surface area (Å²) in [6.45, 7) is 0.865. The van der Waals surface area contributed by atoms with E-state index in [9.17, 15) is 19.1 Å². The molecule has 1 fully saturated rings. The van der Waals surface area contributed by atoms with Crippen LogP contribution in [-0.4, -0.2) is 33.5 Å². The highest BCUT2D eigenvalue weighted by Gasteiger charge is 2.34. The largest absolute Gasteiger partial charge is 0.505 e. The number of rotatable bonds is 3. The average molecular weight is 307 g/mol. The summed E-state index contributed by atoms with van der Waals surface area (Å²) in [6, 6.07) is 2.84. The van der Waals surface area contributed by atoms with E-state index in [1.54, 1.807) is 11.0 Å². The van der Waals surface area contributed by atoms with Crippen LogP contribution in [0.4, 0.5) is 4.39 Å². The normalized spacial score (nSPS) is 24.4. The summed E-state index contributed by atoms with van der Waals surface area (Å²) in [7, 11) is 0. The first-order chi connectivity index (χ1) is 10.5. The van der Waals surface area contributed by atoms with Crippen molar-refractivity contribution >= 4 is 11.9 Å². The molecule has 1 heterocycles. The van der Waals surface area contributed by atoms with Crippen LogP contribution >= 0.6 is 0 Å². The van der Waals surface area contributed by atoms with Crippen LogP contribution in [0.5, 0.6) is 5.75 Å². The second-order valence-corrected chi connectivity index (χ2v) is 6.17. The van der Waals surface area contributed by atoms with Crippen molar-refractivity contribution in [2.75, 3.05) is 6.54 Å². The number of halogens is 1. The number of nitrogens with zero attached hydrogens (tertiary/aromatic N) is 1. The lowest BCUT2D eigenvalue weighted by molar-refractivity contribution is -0.143. The lowest BCUT2D eigenvalue weighted by Crippen LogP contribution is -2.33. The van der Waals surface area contributed by atoms with Gasteiger partial charge in [0.2, 0.25) is 0 Å². The smallest absolute Gasteiger partial charge is 0.306 e. The van der Waals surface area contributed by atoms with Crippen LogP contribution in [0.25, 0.3) is 0 Å². The van der Waals surface area contributed by atoms with Crippen molar-refractivity contribution in [3.8, 4) is 5.75 Å². The van der Waals surface area contributed by atoms with Gasteiger partial charge in [0.1, 0.15) is 0 Å². The molecule has 118 valence electrons. The molecule has 0 atom stereocenters. The molecule has 1 aromatic carbocycles. The van der Waals surface area contributed by atoms with E-state index in [4.69, 9.17) is 5.11 Å². The lowest BCUT2D eigenvalue weighted by Gasteiger charge is -2.29. The zero-order valence-corrected chi connectivity index (χ0v) is 12.1. The minimum absolute atomic E-state index is 0.0285. The Labute approximate surface area is 127 Å². The molecule has 0 aromatic heterocycles. The van der Waals surface area contributed by atoms with Crippen molar-refractivity contribution < 1.29 is 24.2 Å². The summed E-state index contributed by atoms with van der Waals surface area (Å²) in [5.41, 5.74) is 0.568. The number of benzene rings is 1. The molecule has 0 unspecified atom stereocenters. The topological polar surface area (TPSA) is 77.8 Å². The molecule has 0 radical (unpaired) electrons. The SMILES string of the molecule is O=C(O)C1CCC(CN2Cc3ccc(O)c(F)c3C2=O)CC1. The van der Waals surface area contributed by atoms with E-state index in [1.807, 2.05) is 0 Å². The molecule has 1 saturated carbocycles. The number of carboxylic acid groups (broad SMARTS) is 1. The molecule has 0 spiro atoms. The number of amides is 1. The minimum Gasteiger partial charge on any atom is -0.505 e. The van der Waals surface area contributed by atoms with Gasteiger partial charge in [-0.1, -0.05) is 6.07 Å². The first-order valence-electron chi connectivity index (χ1n) is 7.49. The third kappa shape index (κ3) is 2.53. The molecule has 0 saturated heterocycles. The molecule has 0 bridgehead atoms. The maximum Gasteiger partial charge on any atom is 0.306 e. The van der Waals surface area contributed by atoms with Crippen molar-refractivity contribution in [2.24, 2.45) is 11.8 Å². The summed E-state index contributed by atoms with van der Waals surface area (Å²) < 4.78 is 13.9. The monoisotopic (exact) mass is 307 g/mol. The fourth-order valence-electron chi connectivity index (χ4n) is 3.45. The Morgan fingerprint density at radius 1 is 1.27 bits per heavy atom. The Morgan fingerprint density at radius 2 is 1.95 bits per heavy atom. The second-order valence-electron chi connectivity index (χ2n) is 6.17. The van der Waals surface area contributed by atoms with Crippen molar-refractivity contribution in [3.63, 3.8) is 0 Å². The molecule has 2 aliphatic rings. The number of aliphatic carboxylic acids is 1. The molecule has 22 heavy (non-hydrogen) atoms. The van der Waals surface area contributed by atoms with Crippen molar-refractivity contribution in [2.45, 2.75) is 32.2 Å². The van der Waals surface area contributed by atoms with E-state index in [0.29, 0.717) is 31.5 Å². The third-order valence-corrected chi connectivity index (χ3v) is 4.74. The molecule has 1 aliphatic heterocycles. The van der Waals surface area contributed by atoms with Gasteiger partial charge in [-0.25, -0.2) is 4.39 Å². The van der Waals surface area contributed by atoms with Gasteiger partial charge >= 0.3 is 5.97 Å². The Morgan fingerprint density at radius 3 is 2.59 bits per heavy atom. The van der Waals surface area contributed by atoms with E-state index in [0.717, 1.165) is 12.8 Å². The van der Waals surface area contributed by atoms with Gasteiger partial charge in [-0.15, -0.1) is 0 Å². The molecular weight excluding hydrogens is 289 g/mol. The zero-order valence-electron chi connectivity index (χ0n) is 12.1. The standard InChI is InChI=1S/C16H18FNO4/c17-14-12(19)6-5-11-8-18(15(20)13(11)14)7-9-1-3-10(4-2-9)16(21)22/h5-6,9-10,19H,1-4,7-8H2,(H,21,22). The van der Waals surface area contributed by atoms with Crippen molar-refractivity contribution in [1.29, 1.82) is 0 Å². The summed E-state index contributed by atoms with van der Waals surface area (Å²) in [5.74, 6) is -2.51. The van der Waals surface area contributed by atoms with Crippen LogP contribution in [0.2, 0.25) is 0 Å². The molecule has 1 amide bonds. The van der Waals surface area contributed by atoms with E-state index in [2.05, 4.69) is 0 Å². The first kappa shape index (κ1) is 14.8. The number of hydrogen-bond acceptors (Lipinski definition) is 3. The van der Waals surface area contributed by atoms with Crippen LogP contribution in [0.3, 0.4) is 0 Å². The van der Waals surface area contributed by atoms with Gasteiger partial charge in [0.25, 0.3) is 5.91 Å². The van der Waals surface area contributed by atoms with Crippen LogP contribution in [0.1, 0.15) is 41.6 Å². The number of phenols is 1. The van der Waals surface area contributed by atoms with Gasteiger partial charge in [0, 0.05) is 13.1 Å². The summed E-state index contributed by atoms with van der Waals surface area (Å²) >= 11 is 0. The van der Waals surface area contributed by atoms with E-state index < -0.39 is 17.5 Å². The van der Waals surface area contributed by atoms with Gasteiger partial charge in [0.15, 0.2) is 11.6 Å². The Balaban J connectivity index is 1.65. The maximum atomic E-state index is 13.9. The number of phenolic OH excluding ortho intramolecular Hbond substituents is 1. The highest BCUT2D eigenvalue weighted by molar-refractivity contribution is 5.99. The fourth-order valence-corrected chi connectivity index (χ4v) is 3.45. The molecule has 1 aromatic rings. The highest BCUT2D eigenvalue weighted by Crippen LogP contribution is 2.34. The van der Waals surface area contributed by atoms with Crippen LogP contribution in [0, 0.1) is 17.7 Å². The van der Waals surface area contributed by atoms with Gasteiger partial charge in [-0.2, -0.15) is 0 Å². The first-order valence-corrected chi connectivity index (χ1v) is 7.49. The molecule has 3 rings (SSSR count). The van der Waals surface area contributed by atoms with E-state index in [-0.39, 0.29) is 23.3 Å². The average Bonchev–Trinajstić information content (AvgIpc) is 2.81. The fraction of sp³-hybridized carbons (Fsp3) is 0.500. The molecule has 5 nitrogen and oxygen atoms in total. The number of aromatic hydroxyl groups is 1. The number of fused-ring (bicyclic) bond motifs is 1. The highest BCUT2D eigenvalue weighted by atomic mass is 19.1. The van der Waals surface area contributed by atoms with Crippen molar-refractivity contribution in [1.82, 2.24) is 4.90 Å².